The summed E-state index contributed by atoms with van der Waals surface area (Å²) in [6.07, 6.45) is 34.6. The van der Waals surface area contributed by atoms with Crippen LogP contribution in [0.1, 0.15) is 151 Å². The molecule has 0 aliphatic rings. The Kier molecular flexibility index (Phi) is 59.8. The quantitative estimate of drug-likeness (QED) is 0.0422. The van der Waals surface area contributed by atoms with Crippen molar-refractivity contribution >= 4 is 30.4 Å². The van der Waals surface area contributed by atoms with Crippen LogP contribution in [0.15, 0.2) is 0 Å². The normalized spacial score (nSPS) is 10.4. The Hall–Kier alpha value is 0.0722. The molecule has 0 N–H and O–H groups in total. The number of nitrogens with zero attached hydrogens (tertiary/aromatic N) is 2. The molecular formula is C31H64B2F8N2P2Pd. The van der Waals surface area contributed by atoms with Gasteiger partial charge in [0.2, 0.25) is 0 Å². The Morgan fingerprint density at radius 2 is 0.543 bits per heavy atom. The van der Waals surface area contributed by atoms with Crippen molar-refractivity contribution in [2.45, 2.75) is 151 Å². The third-order valence-electron chi connectivity index (χ3n) is 6.26. The van der Waals surface area contributed by atoms with E-state index in [2.05, 4.69) is 27.7 Å². The van der Waals surface area contributed by atoms with E-state index in [1.807, 2.05) is 0 Å². The summed E-state index contributed by atoms with van der Waals surface area (Å²) in [5, 5.41) is 14.6. The van der Waals surface area contributed by atoms with Gasteiger partial charge in [0.15, 0.2) is 0 Å². The molecule has 0 aliphatic heterocycles. The van der Waals surface area contributed by atoms with Crippen LogP contribution in [0.2, 0.25) is 0 Å². The van der Waals surface area contributed by atoms with E-state index in [1.165, 1.54) is 117 Å². The van der Waals surface area contributed by atoms with Gasteiger partial charge in [-0.1, -0.05) is 105 Å². The molecule has 0 saturated heterocycles. The number of rotatable bonds is 24. The van der Waals surface area contributed by atoms with Gasteiger partial charge < -0.3 is 34.5 Å². The molecule has 0 amide bonds. The molecule has 0 bridgehead atoms. The molecule has 46 heavy (non-hydrogen) atoms. The zero-order chi connectivity index (χ0) is 35.8. The van der Waals surface area contributed by atoms with Crippen LogP contribution < -0.4 is 0 Å². The molecule has 0 spiro atoms. The fraction of sp³-hybridized carbons (Fsp3) is 0.935. The molecule has 0 aromatic carbocycles. The van der Waals surface area contributed by atoms with Gasteiger partial charge in [-0.25, -0.2) is 0 Å². The third-order valence-corrected chi connectivity index (χ3v) is 12.0. The number of nitriles is 2. The molecule has 0 fully saturated rings. The van der Waals surface area contributed by atoms with Crippen molar-refractivity contribution in [3.63, 3.8) is 0 Å². The van der Waals surface area contributed by atoms with Gasteiger partial charge in [-0.2, -0.15) is 10.5 Å². The maximum atomic E-state index is 9.75. The molecule has 0 aliphatic carbocycles. The molecular weight excluding hydrogens is 742 g/mol. The maximum absolute atomic E-state index is 9.75. The fourth-order valence-electron chi connectivity index (χ4n) is 4.24. The summed E-state index contributed by atoms with van der Waals surface area (Å²) in [7, 11) is -11.3. The predicted octanol–water partition coefficient (Wildman–Crippen LogP) is 14.3. The van der Waals surface area contributed by atoms with Gasteiger partial charge in [0.1, 0.15) is 0 Å². The standard InChI is InChI=1S/C27H58P2.2C2H3N.2BF4.Pd/c1-5-9-13-17-22-28(23-18-14-10-6-2)26-21-27-29(24-19-15-11-7-3)25-20-16-12-8-4;2*1-2-3;2*2-1(3,4)5;/h5-27H2,1-4H3;2*1H3;;;/q;;;2*-1;+2. The zero-order valence-electron chi connectivity index (χ0n) is 29.5. The monoisotopic (exact) mass is 806 g/mol. The predicted molar refractivity (Wildman–Crippen MR) is 187 cm³/mol. The zero-order valence-corrected chi connectivity index (χ0v) is 32.9. The van der Waals surface area contributed by atoms with E-state index in [9.17, 15) is 34.5 Å². The number of hydrogen-bond acceptors (Lipinski definition) is 2. The van der Waals surface area contributed by atoms with Crippen LogP contribution in [0.5, 0.6) is 0 Å². The minimum Gasteiger partial charge on any atom is -0.418 e. The second kappa shape index (κ2) is 47.2. The van der Waals surface area contributed by atoms with E-state index in [0.717, 1.165) is 0 Å². The smallest absolute Gasteiger partial charge is 0.418 e. The molecule has 15 heteroatoms. The molecule has 0 unspecified atom stereocenters. The van der Waals surface area contributed by atoms with E-state index in [4.69, 9.17) is 10.5 Å². The largest absolute Gasteiger partial charge is 2.00 e. The second-order valence-corrected chi connectivity index (χ2v) is 16.1. The first-order chi connectivity index (χ1) is 21.1. The summed E-state index contributed by atoms with van der Waals surface area (Å²) < 4.78 is 78.0. The average molecular weight is 807 g/mol. The summed E-state index contributed by atoms with van der Waals surface area (Å²) >= 11 is 0. The summed E-state index contributed by atoms with van der Waals surface area (Å²) in [6.45, 7) is 12.2. The van der Waals surface area contributed by atoms with Gasteiger partial charge in [-0.3, -0.25) is 0 Å². The second-order valence-electron chi connectivity index (χ2n) is 10.7. The molecule has 0 atom stereocenters. The fourth-order valence-corrected chi connectivity index (χ4v) is 9.72. The third kappa shape index (κ3) is 90.4. The van der Waals surface area contributed by atoms with E-state index >= 15 is 0 Å². The summed E-state index contributed by atoms with van der Waals surface area (Å²) in [6, 6.07) is 3.50. The number of halogens is 8. The van der Waals surface area contributed by atoms with Crippen molar-refractivity contribution in [1.29, 1.82) is 10.5 Å². The Morgan fingerprint density at radius 3 is 0.696 bits per heavy atom. The minimum atomic E-state index is -6.00. The summed E-state index contributed by atoms with van der Waals surface area (Å²) in [4.78, 5) is 0. The number of hydrogen-bond donors (Lipinski definition) is 0. The molecule has 0 aromatic rings. The Balaban J connectivity index is -0.000000194. The molecule has 0 radical (unpaired) electrons. The van der Waals surface area contributed by atoms with Crippen LogP contribution in [-0.4, -0.2) is 51.5 Å². The molecule has 0 aromatic heterocycles. The van der Waals surface area contributed by atoms with Gasteiger partial charge in [-0.15, -0.1) is 15.8 Å². The SMILES string of the molecule is CC#N.CC#N.CCCCCCP(CCCCCC)CCCP(CCCCCC)CCCCCC.F[B-](F)(F)F.F[B-](F)(F)F.[Pd+2]. The number of unbranched alkanes of at least 4 members (excludes halogenated alkanes) is 12. The Morgan fingerprint density at radius 1 is 0.391 bits per heavy atom. The molecule has 0 rings (SSSR count). The topological polar surface area (TPSA) is 47.6 Å². The van der Waals surface area contributed by atoms with Crippen LogP contribution in [-0.2, 0) is 20.4 Å². The Labute approximate surface area is 294 Å². The van der Waals surface area contributed by atoms with E-state index in [0.29, 0.717) is 15.8 Å². The van der Waals surface area contributed by atoms with Crippen LogP contribution in [0.4, 0.5) is 34.5 Å². The van der Waals surface area contributed by atoms with Crippen molar-refractivity contribution in [2.75, 3.05) is 37.0 Å². The Bertz CT molecular complexity index is 552. The van der Waals surface area contributed by atoms with Crippen LogP contribution in [0.3, 0.4) is 0 Å². The van der Waals surface area contributed by atoms with Gasteiger partial charge in [0, 0.05) is 13.8 Å². The minimum absolute atomic E-state index is 0. The first-order valence-electron chi connectivity index (χ1n) is 16.9. The van der Waals surface area contributed by atoms with Gasteiger partial charge >= 0.3 is 34.9 Å². The van der Waals surface area contributed by atoms with E-state index in [1.54, 1.807) is 55.5 Å². The van der Waals surface area contributed by atoms with E-state index in [-0.39, 0.29) is 20.4 Å². The van der Waals surface area contributed by atoms with Gasteiger partial charge in [-0.05, 0) is 69.1 Å². The van der Waals surface area contributed by atoms with Crippen molar-refractivity contribution in [2.24, 2.45) is 0 Å². The van der Waals surface area contributed by atoms with Crippen molar-refractivity contribution < 1.29 is 54.9 Å². The van der Waals surface area contributed by atoms with Crippen LogP contribution >= 0.6 is 15.8 Å². The van der Waals surface area contributed by atoms with E-state index < -0.39 is 14.5 Å². The van der Waals surface area contributed by atoms with Crippen LogP contribution in [0, 0.1) is 22.7 Å². The first-order valence-corrected chi connectivity index (χ1v) is 20.7. The van der Waals surface area contributed by atoms with Crippen molar-refractivity contribution in [3.8, 4) is 12.1 Å². The van der Waals surface area contributed by atoms with Crippen LogP contribution in [0.25, 0.3) is 0 Å². The van der Waals surface area contributed by atoms with Crippen molar-refractivity contribution in [1.82, 2.24) is 0 Å². The van der Waals surface area contributed by atoms with Gasteiger partial charge in [0.25, 0.3) is 0 Å². The first kappa shape index (κ1) is 58.3. The molecule has 280 valence electrons. The maximum Gasteiger partial charge on any atom is 2.00 e. The summed E-state index contributed by atoms with van der Waals surface area (Å²) in [5.74, 6) is 0. The average Bonchev–Trinajstić information content (AvgIpc) is 2.92. The molecule has 2 nitrogen and oxygen atoms in total. The molecule has 0 saturated carbocycles. The molecule has 0 heterocycles. The van der Waals surface area contributed by atoms with Gasteiger partial charge in [0.05, 0.1) is 12.1 Å². The van der Waals surface area contributed by atoms with Crippen molar-refractivity contribution in [3.05, 3.63) is 0 Å². The summed E-state index contributed by atoms with van der Waals surface area (Å²) in [5.41, 5.74) is 0.